The lowest BCUT2D eigenvalue weighted by Crippen LogP contribution is -2.25. The molecule has 1 heterocycles. The van der Waals surface area contributed by atoms with Gasteiger partial charge in [0.15, 0.2) is 6.29 Å². The Labute approximate surface area is 141 Å². The van der Waals surface area contributed by atoms with E-state index in [0.29, 0.717) is 11.1 Å². The minimum absolute atomic E-state index is 0.162. The van der Waals surface area contributed by atoms with Crippen LogP contribution in [0.1, 0.15) is 21.6 Å². The van der Waals surface area contributed by atoms with E-state index in [1.165, 1.54) is 15.7 Å². The number of aldehydes is 1. The van der Waals surface area contributed by atoms with Crippen molar-refractivity contribution in [2.24, 2.45) is 7.05 Å². The number of rotatable bonds is 3. The van der Waals surface area contributed by atoms with Crippen LogP contribution in [-0.2, 0) is 7.05 Å². The van der Waals surface area contributed by atoms with Crippen molar-refractivity contribution in [1.29, 1.82) is 0 Å². The Kier molecular flexibility index (Phi) is 3.97. The molecule has 4 nitrogen and oxygen atoms in total. The van der Waals surface area contributed by atoms with Gasteiger partial charge in [-0.25, -0.2) is 0 Å². The number of fused-ring (bicyclic) bond motifs is 1. The first-order chi connectivity index (χ1) is 11.5. The van der Waals surface area contributed by atoms with E-state index in [1.54, 1.807) is 13.1 Å². The fourth-order valence-electron chi connectivity index (χ4n) is 3.01. The summed E-state index contributed by atoms with van der Waals surface area (Å²) in [6, 6.07) is 13.6. The predicted octanol–water partition coefficient (Wildman–Crippen LogP) is 3.74. The largest absolute Gasteiger partial charge is 0.342 e. The molecule has 0 radical (unpaired) electrons. The third kappa shape index (κ3) is 2.40. The maximum absolute atomic E-state index is 12.5. The highest BCUT2D eigenvalue weighted by Crippen LogP contribution is 2.32. The molecule has 0 aliphatic heterocycles. The second kappa shape index (κ2) is 5.96. The van der Waals surface area contributed by atoms with Crippen LogP contribution in [0.3, 0.4) is 0 Å². The van der Waals surface area contributed by atoms with E-state index >= 15 is 0 Å². The van der Waals surface area contributed by atoms with E-state index in [-0.39, 0.29) is 5.56 Å². The van der Waals surface area contributed by atoms with E-state index in [1.807, 2.05) is 36.2 Å². The quantitative estimate of drug-likeness (QED) is 0.691. The van der Waals surface area contributed by atoms with Crippen molar-refractivity contribution in [2.75, 3.05) is 11.9 Å². The van der Waals surface area contributed by atoms with Gasteiger partial charge in [0, 0.05) is 30.6 Å². The highest BCUT2D eigenvalue weighted by Gasteiger charge is 2.18. The summed E-state index contributed by atoms with van der Waals surface area (Å²) in [4.78, 5) is 26.2. The third-order valence-corrected chi connectivity index (χ3v) is 4.65. The summed E-state index contributed by atoms with van der Waals surface area (Å²) >= 11 is 0. The van der Waals surface area contributed by atoms with Crippen molar-refractivity contribution in [3.05, 3.63) is 69.6 Å². The van der Waals surface area contributed by atoms with Gasteiger partial charge in [-0.05, 0) is 43.2 Å². The number of hydrogen-bond donors (Lipinski definition) is 0. The molecule has 0 bridgehead atoms. The molecule has 0 N–H and O–H groups in total. The Morgan fingerprint density at radius 3 is 2.29 bits per heavy atom. The van der Waals surface area contributed by atoms with Crippen molar-refractivity contribution in [3.63, 3.8) is 0 Å². The van der Waals surface area contributed by atoms with Crippen LogP contribution in [-0.4, -0.2) is 17.9 Å². The van der Waals surface area contributed by atoms with E-state index in [0.717, 1.165) is 23.0 Å². The average Bonchev–Trinajstić information content (AvgIpc) is 2.59. The van der Waals surface area contributed by atoms with E-state index < -0.39 is 0 Å². The molecule has 122 valence electrons. The van der Waals surface area contributed by atoms with Gasteiger partial charge in [0.1, 0.15) is 5.69 Å². The summed E-state index contributed by atoms with van der Waals surface area (Å²) in [6.45, 7) is 4.13. The number of benzene rings is 2. The van der Waals surface area contributed by atoms with Crippen LogP contribution in [0.15, 0.2) is 47.3 Å². The molecule has 0 amide bonds. The zero-order valence-corrected chi connectivity index (χ0v) is 14.3. The van der Waals surface area contributed by atoms with Gasteiger partial charge in [-0.2, -0.15) is 0 Å². The molecule has 0 aliphatic rings. The molecular weight excluding hydrogens is 300 g/mol. The Morgan fingerprint density at radius 1 is 1.00 bits per heavy atom. The normalized spacial score (nSPS) is 10.8. The van der Waals surface area contributed by atoms with Gasteiger partial charge in [0.2, 0.25) is 0 Å². The number of nitrogens with zero attached hydrogens (tertiary/aromatic N) is 2. The first kappa shape index (κ1) is 16.0. The number of carbonyl (C=O) groups excluding carboxylic acids is 1. The Hall–Kier alpha value is -2.88. The molecule has 3 aromatic rings. The summed E-state index contributed by atoms with van der Waals surface area (Å²) in [7, 11) is 3.56. The number of carbonyl (C=O) groups is 1. The molecule has 0 saturated heterocycles. The van der Waals surface area contributed by atoms with Gasteiger partial charge in [-0.1, -0.05) is 24.3 Å². The minimum atomic E-state index is -0.162. The minimum Gasteiger partial charge on any atom is -0.342 e. The van der Waals surface area contributed by atoms with Gasteiger partial charge in [-0.15, -0.1) is 0 Å². The molecule has 24 heavy (non-hydrogen) atoms. The summed E-state index contributed by atoms with van der Waals surface area (Å²) in [5.74, 6) is 0. The highest BCUT2D eigenvalue weighted by molar-refractivity contribution is 6.02. The molecule has 3 rings (SSSR count). The number of pyridine rings is 1. The topological polar surface area (TPSA) is 42.3 Å². The van der Waals surface area contributed by atoms with Gasteiger partial charge in [0.25, 0.3) is 5.56 Å². The van der Waals surface area contributed by atoms with E-state index in [9.17, 15) is 9.59 Å². The average molecular weight is 320 g/mol. The number of anilines is 2. The molecule has 0 atom stereocenters. The summed E-state index contributed by atoms with van der Waals surface area (Å²) in [6.07, 6.45) is 0.751. The zero-order chi connectivity index (χ0) is 17.4. The SMILES string of the molecule is Cc1ccc(N(C)c2c(C=O)n(C)c(=O)c3ccccc23)cc1C. The molecule has 4 heteroatoms. The lowest BCUT2D eigenvalue weighted by molar-refractivity contribution is 0.111. The molecule has 0 unspecified atom stereocenters. The fraction of sp³-hybridized carbons (Fsp3) is 0.200. The van der Waals surface area contributed by atoms with Crippen molar-refractivity contribution in [1.82, 2.24) is 4.57 Å². The third-order valence-electron chi connectivity index (χ3n) is 4.65. The molecule has 2 aromatic carbocycles. The molecule has 0 spiro atoms. The molecular formula is C20H20N2O2. The van der Waals surface area contributed by atoms with Crippen LogP contribution in [0.25, 0.3) is 10.8 Å². The first-order valence-corrected chi connectivity index (χ1v) is 7.83. The second-order valence-corrected chi connectivity index (χ2v) is 6.09. The fourth-order valence-corrected chi connectivity index (χ4v) is 3.01. The molecule has 1 aromatic heterocycles. The van der Waals surface area contributed by atoms with Crippen LogP contribution >= 0.6 is 0 Å². The smallest absolute Gasteiger partial charge is 0.258 e. The Balaban J connectivity index is 2.35. The highest BCUT2D eigenvalue weighted by atomic mass is 16.1. The molecule has 0 saturated carbocycles. The van der Waals surface area contributed by atoms with Crippen molar-refractivity contribution < 1.29 is 4.79 Å². The lowest BCUT2D eigenvalue weighted by Gasteiger charge is -2.25. The standard InChI is InChI=1S/C20H20N2O2/c1-13-9-10-15(11-14(13)2)21(3)19-16-7-5-6-8-17(16)20(24)22(4)18(19)12-23/h5-12H,1-4H3. The Bertz CT molecular complexity index is 1000. The number of aryl methyl sites for hydroxylation is 2. The van der Waals surface area contributed by atoms with E-state index in [2.05, 4.69) is 26.0 Å². The maximum Gasteiger partial charge on any atom is 0.258 e. The molecule has 0 aliphatic carbocycles. The van der Waals surface area contributed by atoms with Crippen LogP contribution < -0.4 is 10.5 Å². The predicted molar refractivity (Wildman–Crippen MR) is 98.6 cm³/mol. The second-order valence-electron chi connectivity index (χ2n) is 6.09. The number of aromatic nitrogens is 1. The van der Waals surface area contributed by atoms with Crippen molar-refractivity contribution >= 4 is 28.4 Å². The van der Waals surface area contributed by atoms with Gasteiger partial charge >= 0.3 is 0 Å². The van der Waals surface area contributed by atoms with Gasteiger partial charge < -0.3 is 9.47 Å². The van der Waals surface area contributed by atoms with Crippen LogP contribution in [0.2, 0.25) is 0 Å². The monoisotopic (exact) mass is 320 g/mol. The van der Waals surface area contributed by atoms with Crippen molar-refractivity contribution in [3.8, 4) is 0 Å². The summed E-state index contributed by atoms with van der Waals surface area (Å²) < 4.78 is 1.42. The van der Waals surface area contributed by atoms with Crippen molar-refractivity contribution in [2.45, 2.75) is 13.8 Å². The van der Waals surface area contributed by atoms with Crippen LogP contribution in [0, 0.1) is 13.8 Å². The lowest BCUT2D eigenvalue weighted by atomic mass is 10.1. The maximum atomic E-state index is 12.5. The first-order valence-electron chi connectivity index (χ1n) is 7.83. The van der Waals surface area contributed by atoms with Crippen LogP contribution in [0.5, 0.6) is 0 Å². The van der Waals surface area contributed by atoms with Gasteiger partial charge in [0.05, 0.1) is 5.69 Å². The Morgan fingerprint density at radius 2 is 1.67 bits per heavy atom. The van der Waals surface area contributed by atoms with Crippen LogP contribution in [0.4, 0.5) is 11.4 Å². The number of hydrogen-bond acceptors (Lipinski definition) is 3. The summed E-state index contributed by atoms with van der Waals surface area (Å²) in [5.41, 5.74) is 4.33. The zero-order valence-electron chi connectivity index (χ0n) is 14.3. The van der Waals surface area contributed by atoms with E-state index in [4.69, 9.17) is 0 Å². The van der Waals surface area contributed by atoms with Gasteiger partial charge in [-0.3, -0.25) is 9.59 Å². The summed E-state index contributed by atoms with van der Waals surface area (Å²) in [5, 5.41) is 1.39. The molecule has 0 fully saturated rings.